The monoisotopic (exact) mass is 245 g/mol. The summed E-state index contributed by atoms with van der Waals surface area (Å²) in [6.07, 6.45) is 0.897. The van der Waals surface area contributed by atoms with Crippen LogP contribution in [-0.4, -0.2) is 25.1 Å². The van der Waals surface area contributed by atoms with Crippen LogP contribution in [0.15, 0.2) is 24.3 Å². The summed E-state index contributed by atoms with van der Waals surface area (Å²) in [5.41, 5.74) is 9.68. The minimum absolute atomic E-state index is 0.104. The Hall–Kier alpha value is -1.49. The number of fused-ring (bicyclic) bond motifs is 1. The van der Waals surface area contributed by atoms with Gasteiger partial charge in [0, 0.05) is 11.7 Å². The summed E-state index contributed by atoms with van der Waals surface area (Å²) in [6.45, 7) is 5.09. The van der Waals surface area contributed by atoms with Crippen molar-refractivity contribution in [3.63, 3.8) is 0 Å². The van der Waals surface area contributed by atoms with E-state index in [0.29, 0.717) is 0 Å². The van der Waals surface area contributed by atoms with E-state index in [4.69, 9.17) is 10.4 Å². The van der Waals surface area contributed by atoms with Gasteiger partial charge in [0.25, 0.3) is 0 Å². The van der Waals surface area contributed by atoms with Crippen LogP contribution >= 0.6 is 0 Å². The zero-order valence-electron chi connectivity index (χ0n) is 11.0. The number of amides is 1. The molecule has 1 aromatic carbocycles. The van der Waals surface area contributed by atoms with Crippen LogP contribution in [0.1, 0.15) is 19.4 Å². The van der Waals surface area contributed by atoms with E-state index >= 15 is 0 Å². The molecular formula is C13H18BN2O2-. The molecule has 0 aromatic heterocycles. The number of hydrogen-bond donors (Lipinski definition) is 0. The SMILES string of the molecule is CB=O.C[C@H]([NH-])C(=O)N1c2ccccc2C[C@@H]1C. The van der Waals surface area contributed by atoms with Crippen molar-refractivity contribution in [1.82, 2.24) is 0 Å². The molecule has 0 radical (unpaired) electrons. The molecule has 0 aliphatic carbocycles. The quantitative estimate of drug-likeness (QED) is 0.713. The maximum atomic E-state index is 11.9. The predicted octanol–water partition coefficient (Wildman–Crippen LogP) is 2.49. The van der Waals surface area contributed by atoms with Crippen LogP contribution in [0.4, 0.5) is 5.69 Å². The number of rotatable bonds is 1. The van der Waals surface area contributed by atoms with E-state index in [2.05, 4.69) is 0 Å². The number of anilines is 1. The molecule has 0 fully saturated rings. The van der Waals surface area contributed by atoms with Gasteiger partial charge in [0.15, 0.2) is 0 Å². The summed E-state index contributed by atoms with van der Waals surface area (Å²) in [5, 5.41) is 0. The number of nitrogens with one attached hydrogen (secondary N) is 1. The molecule has 0 unspecified atom stereocenters. The second-order valence-corrected chi connectivity index (χ2v) is 4.35. The molecule has 5 heteroatoms. The van der Waals surface area contributed by atoms with E-state index in [1.165, 1.54) is 12.4 Å². The second kappa shape index (κ2) is 6.45. The Morgan fingerprint density at radius 3 is 2.61 bits per heavy atom. The molecular weight excluding hydrogens is 227 g/mol. The summed E-state index contributed by atoms with van der Waals surface area (Å²) in [4.78, 5) is 13.6. The maximum Gasteiger partial charge on any atom is 0.209 e. The van der Waals surface area contributed by atoms with E-state index in [9.17, 15) is 4.79 Å². The molecule has 1 heterocycles. The Bertz CT molecular complexity index is 435. The Morgan fingerprint density at radius 2 is 2.06 bits per heavy atom. The molecule has 2 rings (SSSR count). The van der Waals surface area contributed by atoms with Gasteiger partial charge < -0.3 is 10.6 Å². The zero-order chi connectivity index (χ0) is 13.7. The van der Waals surface area contributed by atoms with Crippen molar-refractivity contribution in [1.29, 1.82) is 0 Å². The zero-order valence-corrected chi connectivity index (χ0v) is 11.0. The first-order chi connectivity index (χ1) is 8.52. The fourth-order valence-corrected chi connectivity index (χ4v) is 2.11. The minimum atomic E-state index is -0.682. The van der Waals surface area contributed by atoms with E-state index in [0.717, 1.165) is 19.3 Å². The molecule has 1 aromatic rings. The summed E-state index contributed by atoms with van der Waals surface area (Å²) in [5.74, 6) is -0.104. The van der Waals surface area contributed by atoms with Crippen LogP contribution in [0.3, 0.4) is 0 Å². The van der Waals surface area contributed by atoms with Gasteiger partial charge in [0.1, 0.15) is 0 Å². The average molecular weight is 245 g/mol. The molecule has 1 amide bonds. The molecule has 1 N–H and O–H groups in total. The summed E-state index contributed by atoms with van der Waals surface area (Å²) < 4.78 is 8.81. The van der Waals surface area contributed by atoms with Gasteiger partial charge in [-0.25, -0.2) is 0 Å². The number of nitrogens with zero attached hydrogens (tertiary/aromatic N) is 1. The van der Waals surface area contributed by atoms with Crippen molar-refractivity contribution in [3.8, 4) is 0 Å². The first-order valence-electron chi connectivity index (χ1n) is 6.04. The van der Waals surface area contributed by atoms with Gasteiger partial charge >= 0.3 is 18.7 Å². The van der Waals surface area contributed by atoms with E-state index in [1.54, 1.807) is 11.8 Å². The molecule has 96 valence electrons. The third-order valence-electron chi connectivity index (χ3n) is 2.82. The van der Waals surface area contributed by atoms with Crippen molar-refractivity contribution in [2.75, 3.05) is 4.90 Å². The molecule has 0 bridgehead atoms. The first-order valence-corrected chi connectivity index (χ1v) is 6.04. The van der Waals surface area contributed by atoms with Gasteiger partial charge in [-0.15, -0.1) is 0 Å². The minimum Gasteiger partial charge on any atom is -0.667 e. The first kappa shape index (κ1) is 14.6. The third kappa shape index (κ3) is 3.04. The van der Waals surface area contributed by atoms with E-state index < -0.39 is 6.04 Å². The Labute approximate surface area is 108 Å². The third-order valence-corrected chi connectivity index (χ3v) is 2.82. The second-order valence-electron chi connectivity index (χ2n) is 4.35. The number of benzene rings is 1. The van der Waals surface area contributed by atoms with Crippen molar-refractivity contribution >= 4 is 18.7 Å². The standard InChI is InChI=1S/C12H15N2O.CH3BO/c1-8-7-10-5-3-4-6-11(10)14(8)12(15)9(2)13;1-2-3/h3-6,8-9,13H,7H2,1-2H3;1H3/q-1;/t8-,9-;/m0./s1. The predicted molar refractivity (Wildman–Crippen MR) is 73.2 cm³/mol. The van der Waals surface area contributed by atoms with Crippen molar-refractivity contribution in [2.45, 2.75) is 39.2 Å². The van der Waals surface area contributed by atoms with E-state index in [-0.39, 0.29) is 11.9 Å². The van der Waals surface area contributed by atoms with Crippen LogP contribution in [-0.2, 0) is 15.9 Å². The fraction of sp³-hybridized carbons (Fsp3) is 0.462. The van der Waals surface area contributed by atoms with Gasteiger partial charge in [-0.3, -0.25) is 4.79 Å². The molecule has 0 saturated carbocycles. The van der Waals surface area contributed by atoms with Gasteiger partial charge in [0.2, 0.25) is 5.91 Å². The largest absolute Gasteiger partial charge is 0.667 e. The Kier molecular flexibility index (Phi) is 5.22. The number of carbonyl (C=O) groups excluding carboxylic acids is 1. The molecule has 18 heavy (non-hydrogen) atoms. The molecule has 0 spiro atoms. The van der Waals surface area contributed by atoms with Crippen LogP contribution in [0.2, 0.25) is 6.82 Å². The molecule has 4 nitrogen and oxygen atoms in total. The maximum absolute atomic E-state index is 11.9. The summed E-state index contributed by atoms with van der Waals surface area (Å²) in [7, 11) is 0.750. The Balaban J connectivity index is 0.000000492. The van der Waals surface area contributed by atoms with E-state index in [1.807, 2.05) is 31.2 Å². The normalized spacial score (nSPS) is 18.2. The van der Waals surface area contributed by atoms with Crippen LogP contribution in [0.25, 0.3) is 5.73 Å². The van der Waals surface area contributed by atoms with Crippen molar-refractivity contribution < 1.29 is 9.50 Å². The summed E-state index contributed by atoms with van der Waals surface area (Å²) in [6, 6.07) is 7.43. The van der Waals surface area contributed by atoms with Gasteiger partial charge in [0.05, 0.1) is 0 Å². The Morgan fingerprint density at radius 1 is 1.50 bits per heavy atom. The van der Waals surface area contributed by atoms with Crippen LogP contribution < -0.4 is 4.90 Å². The molecule has 1 aliphatic rings. The van der Waals surface area contributed by atoms with Crippen molar-refractivity contribution in [2.24, 2.45) is 0 Å². The number of para-hydroxylation sites is 1. The average Bonchev–Trinajstić information content (AvgIpc) is 2.64. The molecule has 1 aliphatic heterocycles. The summed E-state index contributed by atoms with van der Waals surface area (Å²) >= 11 is 0. The molecule has 0 saturated heterocycles. The van der Waals surface area contributed by atoms with Gasteiger partial charge in [-0.1, -0.05) is 31.2 Å². The topological polar surface area (TPSA) is 61.2 Å². The molecule has 2 atom stereocenters. The smallest absolute Gasteiger partial charge is 0.209 e. The number of hydrogen-bond acceptors (Lipinski definition) is 2. The van der Waals surface area contributed by atoms with Crippen LogP contribution in [0.5, 0.6) is 0 Å². The van der Waals surface area contributed by atoms with Crippen molar-refractivity contribution in [3.05, 3.63) is 35.6 Å². The van der Waals surface area contributed by atoms with Gasteiger partial charge in [-0.2, -0.15) is 0 Å². The van der Waals surface area contributed by atoms with Crippen LogP contribution in [0, 0.1) is 0 Å². The fourth-order valence-electron chi connectivity index (χ4n) is 2.11. The van der Waals surface area contributed by atoms with Gasteiger partial charge in [-0.05, 0) is 25.0 Å². The number of carbonyl (C=O) groups is 1.